The first-order chi connectivity index (χ1) is 11.1. The molecule has 0 aromatic heterocycles. The van der Waals surface area contributed by atoms with Crippen molar-refractivity contribution in [2.24, 2.45) is 5.92 Å². The van der Waals surface area contributed by atoms with Gasteiger partial charge in [0.1, 0.15) is 5.82 Å². The number of nitrogens with zero attached hydrogens (tertiary/aromatic N) is 1. The van der Waals surface area contributed by atoms with Gasteiger partial charge in [-0.25, -0.2) is 4.39 Å². The Labute approximate surface area is 133 Å². The van der Waals surface area contributed by atoms with Crippen molar-refractivity contribution in [1.82, 2.24) is 5.32 Å². The van der Waals surface area contributed by atoms with Crippen LogP contribution in [0.4, 0.5) is 10.1 Å². The molecule has 1 fully saturated rings. The molecule has 2 amide bonds. The van der Waals surface area contributed by atoms with Gasteiger partial charge >= 0.3 is 0 Å². The van der Waals surface area contributed by atoms with Crippen LogP contribution < -0.4 is 10.2 Å². The van der Waals surface area contributed by atoms with Crippen LogP contribution in [0.5, 0.6) is 0 Å². The first-order valence-electron chi connectivity index (χ1n) is 7.51. The topological polar surface area (TPSA) is 49.4 Å². The molecule has 0 spiro atoms. The predicted molar refractivity (Wildman–Crippen MR) is 85.1 cm³/mol. The summed E-state index contributed by atoms with van der Waals surface area (Å²) in [6.07, 6.45) is 0.198. The molecule has 1 aliphatic heterocycles. The number of amides is 2. The van der Waals surface area contributed by atoms with Gasteiger partial charge in [-0.15, -0.1) is 0 Å². The summed E-state index contributed by atoms with van der Waals surface area (Å²) in [6.45, 7) is 0.629. The molecule has 3 rings (SSSR count). The molecule has 1 unspecified atom stereocenters. The lowest BCUT2D eigenvalue weighted by Crippen LogP contribution is -2.32. The molecule has 1 heterocycles. The largest absolute Gasteiger partial charge is 0.352 e. The smallest absolute Gasteiger partial charge is 0.227 e. The third kappa shape index (κ3) is 3.56. The first kappa shape index (κ1) is 15.2. The number of carbonyl (C=O) groups excluding carboxylic acids is 2. The van der Waals surface area contributed by atoms with Gasteiger partial charge in [0.25, 0.3) is 0 Å². The van der Waals surface area contributed by atoms with Crippen molar-refractivity contribution >= 4 is 17.5 Å². The number of nitrogens with one attached hydrogen (secondary N) is 1. The molecule has 1 aliphatic rings. The summed E-state index contributed by atoms with van der Waals surface area (Å²) in [5.41, 5.74) is 1.50. The summed E-state index contributed by atoms with van der Waals surface area (Å²) in [5, 5.41) is 2.78. The Bertz CT molecular complexity index is 718. The van der Waals surface area contributed by atoms with Crippen molar-refractivity contribution < 1.29 is 14.0 Å². The van der Waals surface area contributed by atoms with Gasteiger partial charge in [-0.05, 0) is 29.8 Å². The Morgan fingerprint density at radius 3 is 2.70 bits per heavy atom. The highest BCUT2D eigenvalue weighted by atomic mass is 19.1. The Hall–Kier alpha value is -2.69. The average molecular weight is 312 g/mol. The summed E-state index contributed by atoms with van der Waals surface area (Å²) >= 11 is 0. The molecule has 2 aromatic carbocycles. The Morgan fingerprint density at radius 2 is 1.96 bits per heavy atom. The molecule has 1 atom stereocenters. The maximum Gasteiger partial charge on any atom is 0.227 e. The second-order valence-electron chi connectivity index (χ2n) is 5.59. The minimum absolute atomic E-state index is 0.0536. The lowest BCUT2D eigenvalue weighted by molar-refractivity contribution is -0.126. The van der Waals surface area contributed by atoms with Crippen molar-refractivity contribution in [3.05, 3.63) is 66.0 Å². The molecule has 0 bridgehead atoms. The lowest BCUT2D eigenvalue weighted by Gasteiger charge is -2.16. The van der Waals surface area contributed by atoms with Gasteiger partial charge in [-0.3, -0.25) is 9.59 Å². The summed E-state index contributed by atoms with van der Waals surface area (Å²) in [5.74, 6) is -0.942. The molecule has 5 heteroatoms. The minimum Gasteiger partial charge on any atom is -0.352 e. The van der Waals surface area contributed by atoms with Gasteiger partial charge in [-0.1, -0.05) is 30.3 Å². The maximum absolute atomic E-state index is 13.1. The van der Waals surface area contributed by atoms with Gasteiger partial charge in [0.05, 0.1) is 5.92 Å². The average Bonchev–Trinajstić information content (AvgIpc) is 2.95. The Morgan fingerprint density at radius 1 is 1.17 bits per heavy atom. The molecule has 4 nitrogen and oxygen atoms in total. The third-order valence-electron chi connectivity index (χ3n) is 3.92. The predicted octanol–water partition coefficient (Wildman–Crippen LogP) is 2.50. The number of carbonyl (C=O) groups is 2. The van der Waals surface area contributed by atoms with Crippen LogP contribution in [0, 0.1) is 11.7 Å². The highest BCUT2D eigenvalue weighted by Crippen LogP contribution is 2.24. The van der Waals surface area contributed by atoms with E-state index in [4.69, 9.17) is 0 Å². The third-order valence-corrected chi connectivity index (χ3v) is 3.92. The van der Waals surface area contributed by atoms with Gasteiger partial charge < -0.3 is 10.2 Å². The van der Waals surface area contributed by atoms with Crippen molar-refractivity contribution in [1.29, 1.82) is 0 Å². The van der Waals surface area contributed by atoms with Crippen molar-refractivity contribution in [3.8, 4) is 0 Å². The number of anilines is 1. The van der Waals surface area contributed by atoms with Crippen LogP contribution in [0.1, 0.15) is 12.0 Å². The van der Waals surface area contributed by atoms with Crippen LogP contribution in [0.25, 0.3) is 0 Å². The van der Waals surface area contributed by atoms with Gasteiger partial charge in [0, 0.05) is 25.2 Å². The van der Waals surface area contributed by atoms with E-state index in [1.54, 1.807) is 17.0 Å². The van der Waals surface area contributed by atoms with Crippen LogP contribution in [-0.2, 0) is 16.1 Å². The molecule has 0 aliphatic carbocycles. The molecule has 0 saturated carbocycles. The number of rotatable bonds is 4. The van der Waals surface area contributed by atoms with E-state index >= 15 is 0 Å². The summed E-state index contributed by atoms with van der Waals surface area (Å²) < 4.78 is 13.1. The molecule has 1 saturated heterocycles. The molecule has 23 heavy (non-hydrogen) atoms. The Balaban J connectivity index is 1.60. The molecular formula is C18H17FN2O2. The minimum atomic E-state index is -0.378. The normalized spacial score (nSPS) is 17.3. The quantitative estimate of drug-likeness (QED) is 0.943. The monoisotopic (exact) mass is 312 g/mol. The molecule has 1 N–H and O–H groups in total. The molecule has 2 aromatic rings. The molecule has 118 valence electrons. The second kappa shape index (κ2) is 6.60. The number of benzene rings is 2. The van der Waals surface area contributed by atoms with Gasteiger partial charge in [0.15, 0.2) is 0 Å². The summed E-state index contributed by atoms with van der Waals surface area (Å²) in [7, 11) is 0. The van der Waals surface area contributed by atoms with E-state index in [1.165, 1.54) is 12.1 Å². The fourth-order valence-corrected chi connectivity index (χ4v) is 2.72. The highest BCUT2D eigenvalue weighted by Gasteiger charge is 2.34. The van der Waals surface area contributed by atoms with E-state index < -0.39 is 0 Å². The summed E-state index contributed by atoms with van der Waals surface area (Å²) in [4.78, 5) is 26.0. The van der Waals surface area contributed by atoms with E-state index in [1.807, 2.05) is 30.3 Å². The van der Waals surface area contributed by atoms with Crippen LogP contribution in [0.15, 0.2) is 54.6 Å². The number of para-hydroxylation sites is 1. The molecule has 0 radical (unpaired) electrons. The standard InChI is InChI=1S/C18H17FN2O2/c19-15-6-4-5-13(9-15)11-20-18(23)14-10-17(22)21(12-14)16-7-2-1-3-8-16/h1-9,14H,10-12H2,(H,20,23). The van der Waals surface area contributed by atoms with Crippen molar-refractivity contribution in [3.63, 3.8) is 0 Å². The Kier molecular flexibility index (Phi) is 4.37. The number of hydrogen-bond acceptors (Lipinski definition) is 2. The SMILES string of the molecule is O=C(NCc1cccc(F)c1)C1CC(=O)N(c2ccccc2)C1. The van der Waals surface area contributed by atoms with Crippen LogP contribution >= 0.6 is 0 Å². The van der Waals surface area contributed by atoms with Crippen molar-refractivity contribution in [2.45, 2.75) is 13.0 Å². The van der Waals surface area contributed by atoms with Gasteiger partial charge in [0.2, 0.25) is 11.8 Å². The second-order valence-corrected chi connectivity index (χ2v) is 5.59. The van der Waals surface area contributed by atoms with Crippen LogP contribution in [0.2, 0.25) is 0 Å². The van der Waals surface area contributed by atoms with E-state index in [0.717, 1.165) is 5.69 Å². The maximum atomic E-state index is 13.1. The zero-order chi connectivity index (χ0) is 16.2. The number of hydrogen-bond donors (Lipinski definition) is 1. The first-order valence-corrected chi connectivity index (χ1v) is 7.51. The molecular weight excluding hydrogens is 295 g/mol. The van der Waals surface area contributed by atoms with Crippen LogP contribution in [0.3, 0.4) is 0 Å². The highest BCUT2D eigenvalue weighted by molar-refractivity contribution is 6.00. The fourth-order valence-electron chi connectivity index (χ4n) is 2.72. The van der Waals surface area contributed by atoms with Gasteiger partial charge in [-0.2, -0.15) is 0 Å². The van der Waals surface area contributed by atoms with Crippen LogP contribution in [-0.4, -0.2) is 18.4 Å². The van der Waals surface area contributed by atoms with E-state index in [9.17, 15) is 14.0 Å². The van der Waals surface area contributed by atoms with E-state index in [0.29, 0.717) is 12.1 Å². The zero-order valence-corrected chi connectivity index (χ0v) is 12.5. The lowest BCUT2D eigenvalue weighted by atomic mass is 10.1. The van der Waals surface area contributed by atoms with Crippen molar-refractivity contribution in [2.75, 3.05) is 11.4 Å². The number of halogens is 1. The van der Waals surface area contributed by atoms with E-state index in [2.05, 4.69) is 5.32 Å². The van der Waals surface area contributed by atoms with E-state index in [-0.39, 0.29) is 36.5 Å². The zero-order valence-electron chi connectivity index (χ0n) is 12.5. The summed E-state index contributed by atoms with van der Waals surface area (Å²) in [6, 6.07) is 15.4. The fraction of sp³-hybridized carbons (Fsp3) is 0.222.